The number of aliphatic imine (C=N–C) groups is 2. The van der Waals surface area contributed by atoms with Crippen molar-refractivity contribution in [3.63, 3.8) is 0 Å². The van der Waals surface area contributed by atoms with Crippen LogP contribution in [0.1, 0.15) is 36.1 Å². The predicted octanol–water partition coefficient (Wildman–Crippen LogP) is 2.99. The molecule has 136 valence electrons. The van der Waals surface area contributed by atoms with Gasteiger partial charge < -0.3 is 4.98 Å². The maximum Gasteiger partial charge on any atom is 0.0658 e. The van der Waals surface area contributed by atoms with Crippen LogP contribution >= 0.6 is 0 Å². The molecular weight excluding hydrogens is 344 g/mol. The minimum Gasteiger partial charge on any atom is -0.355 e. The molecule has 4 aliphatic heterocycles. The van der Waals surface area contributed by atoms with Gasteiger partial charge in [0.05, 0.1) is 23.5 Å². The quantitative estimate of drug-likeness (QED) is 0.742. The average Bonchev–Trinajstić information content (AvgIpc) is 3.47. The Hall–Kier alpha value is -3.24. The molecule has 4 aliphatic rings. The van der Waals surface area contributed by atoms with E-state index in [0.717, 1.165) is 40.7 Å². The highest BCUT2D eigenvalue weighted by molar-refractivity contribution is 6.19. The summed E-state index contributed by atoms with van der Waals surface area (Å²) in [7, 11) is 0. The third kappa shape index (κ3) is 2.74. The van der Waals surface area contributed by atoms with Crippen LogP contribution in [-0.4, -0.2) is 16.4 Å². The molecule has 5 heterocycles. The van der Waals surface area contributed by atoms with Crippen molar-refractivity contribution in [1.29, 1.82) is 0 Å². The van der Waals surface area contributed by atoms with Gasteiger partial charge in [-0.15, -0.1) is 0 Å². The zero-order valence-electron chi connectivity index (χ0n) is 15.4. The summed E-state index contributed by atoms with van der Waals surface area (Å²) in [6.45, 7) is 0. The minimum absolute atomic E-state index is 0.155. The molecule has 2 aromatic rings. The Morgan fingerprint density at radius 1 is 0.786 bits per heavy atom. The van der Waals surface area contributed by atoms with E-state index < -0.39 is 0 Å². The van der Waals surface area contributed by atoms with E-state index >= 15 is 0 Å². The fourth-order valence-electron chi connectivity index (χ4n) is 4.37. The molecule has 1 aromatic carbocycles. The summed E-state index contributed by atoms with van der Waals surface area (Å²) in [6, 6.07) is 13.2. The first-order valence-corrected chi connectivity index (χ1v) is 9.80. The van der Waals surface area contributed by atoms with Crippen molar-refractivity contribution in [3.8, 4) is 0 Å². The van der Waals surface area contributed by atoms with E-state index in [2.05, 4.69) is 83.2 Å². The van der Waals surface area contributed by atoms with Gasteiger partial charge in [0, 0.05) is 22.1 Å². The lowest BCUT2D eigenvalue weighted by molar-refractivity contribution is 0.621. The molecule has 0 fully saturated rings. The van der Waals surface area contributed by atoms with Gasteiger partial charge in [0.2, 0.25) is 0 Å². The number of rotatable bonds is 0. The largest absolute Gasteiger partial charge is 0.355 e. The van der Waals surface area contributed by atoms with Gasteiger partial charge in [0.15, 0.2) is 0 Å². The van der Waals surface area contributed by atoms with Crippen LogP contribution in [-0.2, 0) is 0 Å². The minimum atomic E-state index is 0.155. The number of aromatic nitrogens is 1. The SMILES string of the molecule is C1=CC2=NC1=CC1NC(C=C3CCC(=N3)C=c3ccc([nH]3)=C2)c2ccccc21. The van der Waals surface area contributed by atoms with E-state index in [4.69, 9.17) is 9.98 Å². The van der Waals surface area contributed by atoms with Crippen LogP contribution in [0.15, 0.2) is 82.1 Å². The maximum absolute atomic E-state index is 4.88. The normalized spacial score (nSPS) is 24.6. The standard InChI is InChI=1S/C24H20N4/c1-2-4-22-21(3-1)23-13-19-9-7-17(26-19)11-15-5-6-16(25-15)12-18-8-10-20(27-18)14-24(22)28-23/h1-7,9,11-14,23-25,28H,8,10H2. The first kappa shape index (κ1) is 15.8. The number of hydrogen-bond donors (Lipinski definition) is 2. The van der Waals surface area contributed by atoms with Crippen LogP contribution in [0.2, 0.25) is 0 Å². The highest BCUT2D eigenvalue weighted by Crippen LogP contribution is 2.37. The van der Waals surface area contributed by atoms with Crippen molar-refractivity contribution in [2.45, 2.75) is 24.9 Å². The summed E-state index contributed by atoms with van der Waals surface area (Å²) in [4.78, 5) is 13.1. The molecule has 4 nitrogen and oxygen atoms in total. The van der Waals surface area contributed by atoms with Crippen molar-refractivity contribution in [2.75, 3.05) is 0 Å². The molecule has 28 heavy (non-hydrogen) atoms. The first-order valence-electron chi connectivity index (χ1n) is 9.80. The number of nitrogens with zero attached hydrogens (tertiary/aromatic N) is 2. The molecule has 8 bridgehead atoms. The van der Waals surface area contributed by atoms with E-state index in [-0.39, 0.29) is 12.1 Å². The highest BCUT2D eigenvalue weighted by atomic mass is 15.0. The Morgan fingerprint density at radius 2 is 1.57 bits per heavy atom. The van der Waals surface area contributed by atoms with Crippen molar-refractivity contribution in [1.82, 2.24) is 10.3 Å². The predicted molar refractivity (Wildman–Crippen MR) is 113 cm³/mol. The van der Waals surface area contributed by atoms with Gasteiger partial charge in [0.1, 0.15) is 0 Å². The Morgan fingerprint density at radius 3 is 2.43 bits per heavy atom. The second-order valence-electron chi connectivity index (χ2n) is 7.63. The second kappa shape index (κ2) is 6.14. The molecule has 1 aromatic heterocycles. The number of fused-ring (bicyclic) bond motifs is 9. The number of nitrogens with one attached hydrogen (secondary N) is 2. The number of H-pyrrole nitrogens is 1. The number of benzene rings is 1. The van der Waals surface area contributed by atoms with Crippen LogP contribution in [0.4, 0.5) is 0 Å². The fraction of sp³-hybridized carbons (Fsp3) is 0.167. The lowest BCUT2D eigenvalue weighted by Gasteiger charge is -2.10. The van der Waals surface area contributed by atoms with E-state index in [0.29, 0.717) is 0 Å². The Kier molecular flexibility index (Phi) is 3.46. The second-order valence-corrected chi connectivity index (χ2v) is 7.63. The number of aromatic amines is 1. The van der Waals surface area contributed by atoms with Crippen molar-refractivity contribution in [2.24, 2.45) is 9.98 Å². The monoisotopic (exact) mass is 364 g/mol. The van der Waals surface area contributed by atoms with Crippen LogP contribution in [0, 0.1) is 0 Å². The molecular formula is C24H20N4. The van der Waals surface area contributed by atoms with Gasteiger partial charge in [0.25, 0.3) is 0 Å². The summed E-state index contributed by atoms with van der Waals surface area (Å²) in [5, 5.41) is 5.89. The molecule has 2 atom stereocenters. The van der Waals surface area contributed by atoms with E-state index in [1.54, 1.807) is 0 Å². The summed E-state index contributed by atoms with van der Waals surface area (Å²) in [5.41, 5.74) is 6.92. The van der Waals surface area contributed by atoms with E-state index in [1.165, 1.54) is 16.8 Å². The van der Waals surface area contributed by atoms with Crippen LogP contribution < -0.4 is 16.0 Å². The summed E-state index contributed by atoms with van der Waals surface area (Å²) in [5.74, 6) is 0. The van der Waals surface area contributed by atoms with Gasteiger partial charge in [-0.25, -0.2) is 4.99 Å². The third-order valence-electron chi connectivity index (χ3n) is 5.69. The van der Waals surface area contributed by atoms with Gasteiger partial charge in [-0.2, -0.15) is 0 Å². The molecule has 6 rings (SSSR count). The zero-order chi connectivity index (χ0) is 18.5. The van der Waals surface area contributed by atoms with Crippen LogP contribution in [0.25, 0.3) is 12.2 Å². The zero-order valence-corrected chi connectivity index (χ0v) is 15.4. The molecule has 0 radical (unpaired) electrons. The Labute approximate surface area is 163 Å². The first-order chi connectivity index (χ1) is 13.8. The summed E-state index contributed by atoms with van der Waals surface area (Å²) >= 11 is 0. The third-order valence-corrected chi connectivity index (χ3v) is 5.69. The van der Waals surface area contributed by atoms with Crippen molar-refractivity contribution >= 4 is 23.6 Å². The van der Waals surface area contributed by atoms with Crippen LogP contribution in [0.3, 0.4) is 0 Å². The van der Waals surface area contributed by atoms with Gasteiger partial charge in [-0.1, -0.05) is 24.3 Å². The van der Waals surface area contributed by atoms with E-state index in [9.17, 15) is 0 Å². The average molecular weight is 364 g/mol. The Balaban J connectivity index is 1.54. The molecule has 2 N–H and O–H groups in total. The van der Waals surface area contributed by atoms with Crippen LogP contribution in [0.5, 0.6) is 0 Å². The molecule has 0 saturated heterocycles. The molecule has 0 aliphatic carbocycles. The number of hydrogen-bond acceptors (Lipinski definition) is 3. The number of allylic oxidation sites excluding steroid dienone is 3. The maximum atomic E-state index is 4.88. The molecule has 0 amide bonds. The van der Waals surface area contributed by atoms with E-state index in [1.807, 2.05) is 0 Å². The highest BCUT2D eigenvalue weighted by Gasteiger charge is 2.28. The molecule has 4 heteroatoms. The van der Waals surface area contributed by atoms with Crippen molar-refractivity contribution < 1.29 is 0 Å². The summed E-state index contributed by atoms with van der Waals surface area (Å²) in [6.07, 6.45) is 14.9. The Bertz CT molecular complexity index is 1250. The lowest BCUT2D eigenvalue weighted by atomic mass is 10.0. The van der Waals surface area contributed by atoms with Gasteiger partial charge in [-0.3, -0.25) is 10.3 Å². The summed E-state index contributed by atoms with van der Waals surface area (Å²) < 4.78 is 0. The van der Waals surface area contributed by atoms with Crippen molar-refractivity contribution in [3.05, 3.63) is 93.9 Å². The molecule has 0 saturated carbocycles. The molecule has 0 spiro atoms. The van der Waals surface area contributed by atoms with Gasteiger partial charge in [-0.05, 0) is 72.6 Å². The topological polar surface area (TPSA) is 52.5 Å². The molecule has 2 unspecified atom stereocenters. The smallest absolute Gasteiger partial charge is 0.0658 e. The van der Waals surface area contributed by atoms with Gasteiger partial charge >= 0.3 is 0 Å². The fourth-order valence-corrected chi connectivity index (χ4v) is 4.37. The lowest BCUT2D eigenvalue weighted by Crippen LogP contribution is -2.15.